The van der Waals surface area contributed by atoms with E-state index in [9.17, 15) is 0 Å². The number of fused-ring (bicyclic) bond motifs is 2. The molecule has 2 heterocycles. The summed E-state index contributed by atoms with van der Waals surface area (Å²) in [4.78, 5) is 5.57. The van der Waals surface area contributed by atoms with Gasteiger partial charge in [-0.15, -0.1) is 11.3 Å². The molecule has 1 aliphatic rings. The molecular formula is C12H10N2S. The van der Waals surface area contributed by atoms with Crippen LogP contribution in [-0.2, 0) is 6.42 Å². The van der Waals surface area contributed by atoms with Crippen LogP contribution < -0.4 is 5.73 Å². The molecule has 1 aliphatic heterocycles. The van der Waals surface area contributed by atoms with Gasteiger partial charge in [0.05, 0.1) is 10.6 Å². The summed E-state index contributed by atoms with van der Waals surface area (Å²) in [6.45, 7) is 0. The van der Waals surface area contributed by atoms with Gasteiger partial charge in [0.25, 0.3) is 0 Å². The number of nitrogens with zero attached hydrogens (tertiary/aromatic N) is 1. The van der Waals surface area contributed by atoms with Gasteiger partial charge in [0.2, 0.25) is 0 Å². The molecule has 0 aliphatic carbocycles. The molecule has 0 unspecified atom stereocenters. The number of hydrogen-bond acceptors (Lipinski definition) is 3. The predicted molar refractivity (Wildman–Crippen MR) is 64.0 cm³/mol. The molecule has 0 atom stereocenters. The summed E-state index contributed by atoms with van der Waals surface area (Å²) in [5.41, 5.74) is 9.50. The van der Waals surface area contributed by atoms with Crippen molar-refractivity contribution < 1.29 is 0 Å². The van der Waals surface area contributed by atoms with Crippen molar-refractivity contribution in [2.75, 3.05) is 0 Å². The first-order chi connectivity index (χ1) is 7.34. The second kappa shape index (κ2) is 3.21. The maximum absolute atomic E-state index is 5.97. The standard InChI is InChI=1S/C12H10N2S/c13-12-11-9(5-6-15-11)7-8-3-1-2-4-10(8)14-12/h1-6H,7H2,(H2,13,14). The van der Waals surface area contributed by atoms with Crippen molar-refractivity contribution in [2.45, 2.75) is 6.42 Å². The Morgan fingerprint density at radius 2 is 2.00 bits per heavy atom. The lowest BCUT2D eigenvalue weighted by atomic mass is 10.1. The van der Waals surface area contributed by atoms with Crippen molar-refractivity contribution in [3.05, 3.63) is 51.7 Å². The average Bonchev–Trinajstić information content (AvgIpc) is 2.64. The van der Waals surface area contributed by atoms with E-state index in [0.717, 1.165) is 17.0 Å². The van der Waals surface area contributed by atoms with E-state index in [1.807, 2.05) is 18.2 Å². The van der Waals surface area contributed by atoms with Crippen LogP contribution in [0.15, 0.2) is 40.7 Å². The minimum Gasteiger partial charge on any atom is -0.382 e. The van der Waals surface area contributed by atoms with Crippen LogP contribution in [0.1, 0.15) is 16.0 Å². The fourth-order valence-corrected chi connectivity index (χ4v) is 2.68. The lowest BCUT2D eigenvalue weighted by molar-refractivity contribution is 1.21. The number of hydrogen-bond donors (Lipinski definition) is 1. The van der Waals surface area contributed by atoms with Crippen LogP contribution in [0, 0.1) is 0 Å². The van der Waals surface area contributed by atoms with Crippen LogP contribution in [0.2, 0.25) is 0 Å². The van der Waals surface area contributed by atoms with Gasteiger partial charge in [-0.3, -0.25) is 0 Å². The number of amidine groups is 1. The Hall–Kier alpha value is -1.61. The maximum Gasteiger partial charge on any atom is 0.141 e. The zero-order valence-electron chi connectivity index (χ0n) is 8.10. The Morgan fingerprint density at radius 3 is 2.93 bits per heavy atom. The van der Waals surface area contributed by atoms with Gasteiger partial charge in [-0.1, -0.05) is 18.2 Å². The highest BCUT2D eigenvalue weighted by Gasteiger charge is 2.14. The largest absolute Gasteiger partial charge is 0.382 e. The molecule has 0 bridgehead atoms. The number of nitrogens with two attached hydrogens (primary N) is 1. The molecular weight excluding hydrogens is 204 g/mol. The fraction of sp³-hybridized carbons (Fsp3) is 0.0833. The van der Waals surface area contributed by atoms with Crippen LogP contribution in [-0.4, -0.2) is 5.84 Å². The second-order valence-electron chi connectivity index (χ2n) is 3.58. The number of rotatable bonds is 0. The maximum atomic E-state index is 5.97. The van der Waals surface area contributed by atoms with E-state index in [-0.39, 0.29) is 0 Å². The van der Waals surface area contributed by atoms with Gasteiger partial charge >= 0.3 is 0 Å². The van der Waals surface area contributed by atoms with Gasteiger partial charge in [0.15, 0.2) is 0 Å². The van der Waals surface area contributed by atoms with E-state index in [1.54, 1.807) is 11.3 Å². The van der Waals surface area contributed by atoms with Crippen LogP contribution in [0.5, 0.6) is 0 Å². The highest BCUT2D eigenvalue weighted by Crippen LogP contribution is 2.29. The normalized spacial score (nSPS) is 13.7. The van der Waals surface area contributed by atoms with Crippen molar-refractivity contribution in [3.63, 3.8) is 0 Å². The van der Waals surface area contributed by atoms with Crippen LogP contribution in [0.4, 0.5) is 5.69 Å². The Balaban J connectivity index is 2.25. The van der Waals surface area contributed by atoms with Crippen LogP contribution in [0.25, 0.3) is 0 Å². The first kappa shape index (κ1) is 8.68. The van der Waals surface area contributed by atoms with E-state index < -0.39 is 0 Å². The summed E-state index contributed by atoms with van der Waals surface area (Å²) in [5.74, 6) is 0.643. The lowest BCUT2D eigenvalue weighted by Crippen LogP contribution is -2.11. The third kappa shape index (κ3) is 1.36. The molecule has 3 heteroatoms. The Morgan fingerprint density at radius 1 is 1.13 bits per heavy atom. The van der Waals surface area contributed by atoms with E-state index in [2.05, 4.69) is 22.5 Å². The van der Waals surface area contributed by atoms with Gasteiger partial charge < -0.3 is 5.73 Å². The minimum atomic E-state index is 0.643. The minimum absolute atomic E-state index is 0.643. The fourth-order valence-electron chi connectivity index (χ4n) is 1.85. The smallest absolute Gasteiger partial charge is 0.141 e. The number of benzene rings is 1. The van der Waals surface area contributed by atoms with Gasteiger partial charge in [0.1, 0.15) is 5.84 Å². The molecule has 2 aromatic rings. The van der Waals surface area contributed by atoms with E-state index in [1.165, 1.54) is 11.1 Å². The molecule has 74 valence electrons. The molecule has 2 N–H and O–H groups in total. The summed E-state index contributed by atoms with van der Waals surface area (Å²) in [6.07, 6.45) is 0.930. The lowest BCUT2D eigenvalue weighted by Gasteiger charge is -2.00. The van der Waals surface area contributed by atoms with E-state index >= 15 is 0 Å². The molecule has 15 heavy (non-hydrogen) atoms. The molecule has 1 aromatic carbocycles. The quantitative estimate of drug-likeness (QED) is 0.719. The molecule has 0 amide bonds. The van der Waals surface area contributed by atoms with E-state index in [0.29, 0.717) is 5.84 Å². The van der Waals surface area contributed by atoms with Gasteiger partial charge in [-0.05, 0) is 28.6 Å². The van der Waals surface area contributed by atoms with Crippen molar-refractivity contribution in [2.24, 2.45) is 10.7 Å². The first-order valence-corrected chi connectivity index (χ1v) is 5.71. The zero-order valence-corrected chi connectivity index (χ0v) is 8.92. The topological polar surface area (TPSA) is 38.4 Å². The Bertz CT molecular complexity index is 540. The van der Waals surface area contributed by atoms with Crippen molar-refractivity contribution in [3.8, 4) is 0 Å². The van der Waals surface area contributed by atoms with Crippen molar-refractivity contribution >= 4 is 22.9 Å². The number of thiophene rings is 1. The molecule has 0 saturated carbocycles. The third-order valence-electron chi connectivity index (χ3n) is 2.59. The second-order valence-corrected chi connectivity index (χ2v) is 4.49. The average molecular weight is 214 g/mol. The van der Waals surface area contributed by atoms with Gasteiger partial charge in [-0.2, -0.15) is 0 Å². The molecule has 2 nitrogen and oxygen atoms in total. The van der Waals surface area contributed by atoms with Crippen molar-refractivity contribution in [1.29, 1.82) is 0 Å². The molecule has 0 saturated heterocycles. The SMILES string of the molecule is NC1=Nc2ccccc2Cc2ccsc21. The summed E-state index contributed by atoms with van der Waals surface area (Å²) in [6, 6.07) is 10.3. The molecule has 3 rings (SSSR count). The van der Waals surface area contributed by atoms with Crippen LogP contribution >= 0.6 is 11.3 Å². The molecule has 0 radical (unpaired) electrons. The summed E-state index contributed by atoms with van der Waals surface area (Å²) >= 11 is 1.66. The Labute approximate surface area is 92.1 Å². The third-order valence-corrected chi connectivity index (χ3v) is 3.57. The van der Waals surface area contributed by atoms with Gasteiger partial charge in [0, 0.05) is 6.42 Å². The number of aliphatic imine (C=N–C) groups is 1. The van der Waals surface area contributed by atoms with Crippen LogP contribution in [0.3, 0.4) is 0 Å². The summed E-state index contributed by atoms with van der Waals surface area (Å²) in [5, 5.41) is 2.07. The van der Waals surface area contributed by atoms with Crippen molar-refractivity contribution in [1.82, 2.24) is 0 Å². The predicted octanol–water partition coefficient (Wildman–Crippen LogP) is 2.69. The molecule has 0 fully saturated rings. The first-order valence-electron chi connectivity index (χ1n) is 4.83. The Kier molecular flexibility index (Phi) is 1.86. The highest BCUT2D eigenvalue weighted by molar-refractivity contribution is 7.12. The van der Waals surface area contributed by atoms with Gasteiger partial charge in [-0.25, -0.2) is 4.99 Å². The molecule has 1 aromatic heterocycles. The highest BCUT2D eigenvalue weighted by atomic mass is 32.1. The summed E-state index contributed by atoms with van der Waals surface area (Å²) in [7, 11) is 0. The monoisotopic (exact) mass is 214 g/mol. The zero-order chi connectivity index (χ0) is 10.3. The summed E-state index contributed by atoms with van der Waals surface area (Å²) < 4.78 is 0. The van der Waals surface area contributed by atoms with E-state index in [4.69, 9.17) is 5.73 Å². The molecule has 0 spiro atoms. The number of para-hydroxylation sites is 1.